The van der Waals surface area contributed by atoms with E-state index in [9.17, 15) is 9.59 Å². The van der Waals surface area contributed by atoms with Crippen LogP contribution in [0.5, 0.6) is 0 Å². The molecule has 0 radical (unpaired) electrons. The number of allylic oxidation sites excluding steroid dienone is 1. The van der Waals surface area contributed by atoms with E-state index in [0.29, 0.717) is 17.7 Å². The van der Waals surface area contributed by atoms with Crippen molar-refractivity contribution < 1.29 is 14.3 Å². The van der Waals surface area contributed by atoms with Crippen molar-refractivity contribution in [3.05, 3.63) is 83.6 Å². The lowest BCUT2D eigenvalue weighted by atomic mass is 9.98. The maximum Gasteiger partial charge on any atom is 0.410 e. The summed E-state index contributed by atoms with van der Waals surface area (Å²) in [7, 11) is 0. The van der Waals surface area contributed by atoms with Crippen molar-refractivity contribution in [2.45, 2.75) is 46.3 Å². The fraction of sp³-hybridized carbons (Fsp3) is 0.355. The van der Waals surface area contributed by atoms with Crippen molar-refractivity contribution in [2.24, 2.45) is 17.6 Å². The van der Waals surface area contributed by atoms with E-state index in [4.69, 9.17) is 10.5 Å². The minimum absolute atomic E-state index is 0.0120. The molecule has 0 bridgehead atoms. The fourth-order valence-electron chi connectivity index (χ4n) is 5.82. The zero-order valence-corrected chi connectivity index (χ0v) is 23.3. The van der Waals surface area contributed by atoms with E-state index in [-0.39, 0.29) is 11.9 Å². The first-order chi connectivity index (χ1) is 19.0. The number of nitrogens with zero attached hydrogens (tertiary/aromatic N) is 5. The number of ether oxygens (including phenoxy) is 1. The van der Waals surface area contributed by atoms with E-state index in [2.05, 4.69) is 63.3 Å². The van der Waals surface area contributed by atoms with Gasteiger partial charge in [0.05, 0.1) is 5.69 Å². The highest BCUT2D eigenvalue weighted by atomic mass is 16.6. The average molecular weight is 539 g/mol. The van der Waals surface area contributed by atoms with E-state index in [1.165, 1.54) is 16.7 Å². The number of aromatic nitrogens is 4. The third-order valence-corrected chi connectivity index (χ3v) is 7.71. The molecule has 1 fully saturated rings. The largest absolute Gasteiger partial charge is 0.444 e. The van der Waals surface area contributed by atoms with Crippen LogP contribution in [0.25, 0.3) is 22.2 Å². The Morgan fingerprint density at radius 3 is 2.52 bits per heavy atom. The number of benzene rings is 2. The molecule has 0 saturated carbocycles. The van der Waals surface area contributed by atoms with E-state index in [1.807, 2.05) is 37.8 Å². The van der Waals surface area contributed by atoms with Gasteiger partial charge in [0.25, 0.3) is 5.91 Å². The number of amides is 2. The smallest absolute Gasteiger partial charge is 0.410 e. The van der Waals surface area contributed by atoms with Gasteiger partial charge in [0.15, 0.2) is 0 Å². The highest BCUT2D eigenvalue weighted by Gasteiger charge is 2.39. The zero-order valence-electron chi connectivity index (χ0n) is 23.3. The average Bonchev–Trinajstić information content (AvgIpc) is 3.66. The minimum atomic E-state index is -0.642. The van der Waals surface area contributed by atoms with Crippen LogP contribution in [0, 0.1) is 18.8 Å². The predicted octanol–water partition coefficient (Wildman–Crippen LogP) is 4.95. The van der Waals surface area contributed by atoms with Crippen molar-refractivity contribution in [3.8, 4) is 5.69 Å². The molecule has 206 valence electrons. The Kier molecular flexibility index (Phi) is 6.24. The van der Waals surface area contributed by atoms with Crippen LogP contribution >= 0.6 is 0 Å². The number of primary amides is 1. The second-order valence-corrected chi connectivity index (χ2v) is 11.8. The molecule has 9 nitrogen and oxygen atoms in total. The maximum atomic E-state index is 12.5. The van der Waals surface area contributed by atoms with Gasteiger partial charge in [-0.1, -0.05) is 30.3 Å². The normalized spacial score (nSPS) is 18.7. The molecular weight excluding hydrogens is 504 g/mol. The topological polar surface area (TPSA) is 108 Å². The number of hydrogen-bond acceptors (Lipinski definition) is 5. The quantitative estimate of drug-likeness (QED) is 0.387. The van der Waals surface area contributed by atoms with Gasteiger partial charge in [0.2, 0.25) is 5.82 Å². The van der Waals surface area contributed by atoms with Crippen LogP contribution in [-0.2, 0) is 11.3 Å². The number of rotatable bonds is 5. The van der Waals surface area contributed by atoms with Crippen LogP contribution in [0.3, 0.4) is 0 Å². The highest BCUT2D eigenvalue weighted by molar-refractivity contribution is 5.89. The summed E-state index contributed by atoms with van der Waals surface area (Å²) in [5, 5.41) is 5.32. The molecule has 2 aromatic heterocycles. The van der Waals surface area contributed by atoms with Crippen LogP contribution in [0.2, 0.25) is 0 Å². The predicted molar refractivity (Wildman–Crippen MR) is 153 cm³/mol. The molecule has 2 N–H and O–H groups in total. The Morgan fingerprint density at radius 2 is 1.85 bits per heavy atom. The molecule has 40 heavy (non-hydrogen) atoms. The van der Waals surface area contributed by atoms with Gasteiger partial charge in [-0.3, -0.25) is 4.79 Å². The number of hydrogen-bond donors (Lipinski definition) is 1. The van der Waals surface area contributed by atoms with Gasteiger partial charge in [-0.2, -0.15) is 0 Å². The van der Waals surface area contributed by atoms with Crippen molar-refractivity contribution >= 4 is 28.5 Å². The minimum Gasteiger partial charge on any atom is -0.444 e. The van der Waals surface area contributed by atoms with Gasteiger partial charge in [0, 0.05) is 36.7 Å². The molecule has 0 spiro atoms. The molecule has 2 amide bonds. The van der Waals surface area contributed by atoms with Crippen LogP contribution in [-0.4, -0.2) is 54.9 Å². The molecule has 2 aromatic carbocycles. The van der Waals surface area contributed by atoms with Crippen LogP contribution in [0.4, 0.5) is 4.79 Å². The lowest BCUT2D eigenvalue weighted by Crippen LogP contribution is -2.35. The van der Waals surface area contributed by atoms with Gasteiger partial charge < -0.3 is 19.9 Å². The standard InChI is InChI=1S/C31H34N6O3/c1-19-33-29(28(32)38)34-37(19)26-9-10-27-22(15-26)11-12-35(27)16-20-5-7-21(8-6-20)23-13-24-17-36(18-25(24)14-23)30(39)40-31(2,3)4/h5-13,15,24-25H,14,16-18H2,1-4H3,(H2,32,38)/t24-,25+/m1/s1. The molecule has 2 aliphatic rings. The Balaban J connectivity index is 1.13. The van der Waals surface area contributed by atoms with Crippen molar-refractivity contribution in [1.29, 1.82) is 0 Å². The molecule has 1 aliphatic heterocycles. The van der Waals surface area contributed by atoms with Crippen molar-refractivity contribution in [2.75, 3.05) is 13.1 Å². The summed E-state index contributed by atoms with van der Waals surface area (Å²) in [6, 6.07) is 17.0. The second kappa shape index (κ2) is 9.66. The number of likely N-dealkylation sites (tertiary alicyclic amines) is 1. The summed E-state index contributed by atoms with van der Waals surface area (Å²) in [6.45, 7) is 9.75. The van der Waals surface area contributed by atoms with Gasteiger partial charge >= 0.3 is 6.09 Å². The molecule has 3 heterocycles. The first-order valence-electron chi connectivity index (χ1n) is 13.6. The van der Waals surface area contributed by atoms with Crippen LogP contribution in [0.1, 0.15) is 54.8 Å². The summed E-state index contributed by atoms with van der Waals surface area (Å²) < 4.78 is 9.42. The highest BCUT2D eigenvalue weighted by Crippen LogP contribution is 2.41. The molecule has 0 unspecified atom stereocenters. The molecule has 9 heteroatoms. The number of fused-ring (bicyclic) bond motifs is 2. The van der Waals surface area contributed by atoms with Crippen LogP contribution in [0.15, 0.2) is 60.8 Å². The first kappa shape index (κ1) is 25.9. The molecular formula is C31H34N6O3. The van der Waals surface area contributed by atoms with Crippen molar-refractivity contribution in [3.63, 3.8) is 0 Å². The Bertz CT molecular complexity index is 1640. The van der Waals surface area contributed by atoms with Crippen LogP contribution < -0.4 is 5.73 Å². The van der Waals surface area contributed by atoms with Gasteiger partial charge in [-0.05, 0) is 86.9 Å². The van der Waals surface area contributed by atoms with E-state index < -0.39 is 11.5 Å². The Morgan fingerprint density at radius 1 is 1.07 bits per heavy atom. The number of nitrogens with two attached hydrogens (primary N) is 1. The third-order valence-electron chi connectivity index (χ3n) is 7.71. The monoisotopic (exact) mass is 538 g/mol. The van der Waals surface area contributed by atoms with Gasteiger partial charge in [-0.25, -0.2) is 14.5 Å². The second-order valence-electron chi connectivity index (χ2n) is 11.8. The molecule has 6 rings (SSSR count). The zero-order chi connectivity index (χ0) is 28.2. The fourth-order valence-corrected chi connectivity index (χ4v) is 5.82. The summed E-state index contributed by atoms with van der Waals surface area (Å²) in [5.74, 6) is 0.827. The molecule has 2 atom stereocenters. The number of aryl methyl sites for hydroxylation is 1. The molecule has 4 aromatic rings. The molecule has 1 aliphatic carbocycles. The summed E-state index contributed by atoms with van der Waals surface area (Å²) >= 11 is 0. The third kappa shape index (κ3) is 4.99. The first-order valence-corrected chi connectivity index (χ1v) is 13.6. The summed E-state index contributed by atoms with van der Waals surface area (Å²) in [5.41, 5.74) is 10.7. The van der Waals surface area contributed by atoms with E-state index >= 15 is 0 Å². The van der Waals surface area contributed by atoms with E-state index in [1.54, 1.807) is 11.6 Å². The lowest BCUT2D eigenvalue weighted by molar-refractivity contribution is 0.0285. The van der Waals surface area contributed by atoms with E-state index in [0.717, 1.165) is 42.6 Å². The lowest BCUT2D eigenvalue weighted by Gasteiger charge is -2.24. The van der Waals surface area contributed by atoms with Gasteiger partial charge in [-0.15, -0.1) is 5.10 Å². The Hall–Kier alpha value is -4.40. The van der Waals surface area contributed by atoms with Crippen molar-refractivity contribution in [1.82, 2.24) is 24.2 Å². The van der Waals surface area contributed by atoms with Gasteiger partial charge in [0.1, 0.15) is 11.4 Å². The molecule has 1 saturated heterocycles. The number of carbonyl (C=O) groups is 2. The SMILES string of the molecule is Cc1nc(C(N)=O)nn1-c1ccc2c(ccn2Cc2ccc(C3=C[C@@H]4CN(C(=O)OC(C)(C)C)C[C@@H]4C3)cc2)c1. The summed E-state index contributed by atoms with van der Waals surface area (Å²) in [6.07, 6.45) is 5.22. The summed E-state index contributed by atoms with van der Waals surface area (Å²) in [4.78, 5) is 29.9. The Labute approximate surface area is 233 Å². The maximum absolute atomic E-state index is 12.5. The number of carbonyl (C=O) groups excluding carboxylic acids is 2.